The van der Waals surface area contributed by atoms with Crippen LogP contribution in [0.2, 0.25) is 0 Å². The lowest BCUT2D eigenvalue weighted by atomic mass is 10.1. The minimum Gasteiger partial charge on any atom is -0.493 e. The van der Waals surface area contributed by atoms with Crippen LogP contribution < -0.4 is 16.0 Å². The minimum absolute atomic E-state index is 0.213. The summed E-state index contributed by atoms with van der Waals surface area (Å²) in [5.74, 6) is 6.56. The minimum atomic E-state index is -0.213. The van der Waals surface area contributed by atoms with E-state index in [9.17, 15) is 0 Å². The van der Waals surface area contributed by atoms with Crippen molar-refractivity contribution in [2.45, 2.75) is 46.3 Å². The first-order valence-corrected chi connectivity index (χ1v) is 7.26. The molecular weight excluding hydrogens is 268 g/mol. The molecule has 0 saturated heterocycles. The van der Waals surface area contributed by atoms with Gasteiger partial charge < -0.3 is 4.74 Å². The quantitative estimate of drug-likeness (QED) is 0.595. The standard InChI is InChI=1S/C14H24N6O/c1-5-7-20-14(12(21-4)9-16-20)13(17-15)11-8-10(3)18-19(11)6-2/h8-9,13,17H,5-7,15H2,1-4H3. The maximum atomic E-state index is 5.83. The van der Waals surface area contributed by atoms with Gasteiger partial charge in [0.05, 0.1) is 24.7 Å². The predicted molar refractivity (Wildman–Crippen MR) is 80.9 cm³/mol. The van der Waals surface area contributed by atoms with Gasteiger partial charge in [0.25, 0.3) is 0 Å². The number of aryl methyl sites for hydroxylation is 3. The van der Waals surface area contributed by atoms with E-state index in [1.807, 2.05) is 22.4 Å². The first kappa shape index (κ1) is 15.5. The summed E-state index contributed by atoms with van der Waals surface area (Å²) in [7, 11) is 1.65. The zero-order chi connectivity index (χ0) is 15.4. The second-order valence-corrected chi connectivity index (χ2v) is 4.95. The van der Waals surface area contributed by atoms with Crippen molar-refractivity contribution in [3.63, 3.8) is 0 Å². The maximum absolute atomic E-state index is 5.83. The summed E-state index contributed by atoms with van der Waals surface area (Å²) in [6.07, 6.45) is 2.72. The molecule has 3 N–H and O–H groups in total. The molecule has 0 aliphatic rings. The van der Waals surface area contributed by atoms with Gasteiger partial charge in [-0.15, -0.1) is 0 Å². The normalized spacial score (nSPS) is 12.6. The lowest BCUT2D eigenvalue weighted by molar-refractivity contribution is 0.394. The number of hydrogen-bond acceptors (Lipinski definition) is 5. The summed E-state index contributed by atoms with van der Waals surface area (Å²) >= 11 is 0. The van der Waals surface area contributed by atoms with Crippen molar-refractivity contribution < 1.29 is 4.74 Å². The molecule has 116 valence electrons. The van der Waals surface area contributed by atoms with E-state index in [4.69, 9.17) is 10.6 Å². The Hall–Kier alpha value is -1.86. The first-order valence-electron chi connectivity index (χ1n) is 7.26. The average molecular weight is 292 g/mol. The van der Waals surface area contributed by atoms with Gasteiger partial charge in [0.15, 0.2) is 5.75 Å². The zero-order valence-electron chi connectivity index (χ0n) is 13.1. The van der Waals surface area contributed by atoms with Crippen molar-refractivity contribution in [1.29, 1.82) is 0 Å². The molecule has 0 spiro atoms. The number of aromatic nitrogens is 4. The summed E-state index contributed by atoms with van der Waals surface area (Å²) in [5, 5.41) is 8.89. The van der Waals surface area contributed by atoms with Gasteiger partial charge in [-0.1, -0.05) is 6.92 Å². The second-order valence-electron chi connectivity index (χ2n) is 4.95. The Kier molecular flexibility index (Phi) is 4.98. The van der Waals surface area contributed by atoms with E-state index < -0.39 is 0 Å². The zero-order valence-corrected chi connectivity index (χ0v) is 13.1. The topological polar surface area (TPSA) is 82.9 Å². The Bertz CT molecular complexity index is 588. The van der Waals surface area contributed by atoms with Crippen LogP contribution in [0, 0.1) is 6.92 Å². The highest BCUT2D eigenvalue weighted by molar-refractivity contribution is 5.34. The molecule has 0 aliphatic heterocycles. The number of rotatable bonds is 7. The van der Waals surface area contributed by atoms with E-state index in [1.54, 1.807) is 13.3 Å². The van der Waals surface area contributed by atoms with E-state index in [0.717, 1.165) is 42.3 Å². The van der Waals surface area contributed by atoms with Crippen molar-refractivity contribution in [2.75, 3.05) is 7.11 Å². The van der Waals surface area contributed by atoms with Crippen molar-refractivity contribution in [1.82, 2.24) is 25.0 Å². The fraction of sp³-hybridized carbons (Fsp3) is 0.571. The van der Waals surface area contributed by atoms with E-state index in [0.29, 0.717) is 0 Å². The molecular formula is C14H24N6O. The summed E-state index contributed by atoms with van der Waals surface area (Å²) in [6.45, 7) is 7.75. The van der Waals surface area contributed by atoms with Crippen LogP contribution >= 0.6 is 0 Å². The summed E-state index contributed by atoms with van der Waals surface area (Å²) < 4.78 is 9.33. The molecule has 2 rings (SSSR count). The first-order chi connectivity index (χ1) is 10.2. The van der Waals surface area contributed by atoms with Gasteiger partial charge in [0, 0.05) is 13.1 Å². The number of hydrogen-bond donors (Lipinski definition) is 2. The Morgan fingerprint density at radius 2 is 2.14 bits per heavy atom. The van der Waals surface area contributed by atoms with Crippen LogP contribution in [0.1, 0.15) is 43.4 Å². The van der Waals surface area contributed by atoms with Gasteiger partial charge in [0.1, 0.15) is 11.7 Å². The van der Waals surface area contributed by atoms with Crippen molar-refractivity contribution in [3.05, 3.63) is 29.3 Å². The lowest BCUT2D eigenvalue weighted by Gasteiger charge is -2.20. The van der Waals surface area contributed by atoms with Gasteiger partial charge >= 0.3 is 0 Å². The molecule has 21 heavy (non-hydrogen) atoms. The second kappa shape index (κ2) is 6.73. The Balaban J connectivity index is 2.52. The molecule has 2 aromatic heterocycles. The average Bonchev–Trinajstić information content (AvgIpc) is 3.05. The molecule has 2 heterocycles. The number of ether oxygens (including phenoxy) is 1. The van der Waals surface area contributed by atoms with Crippen LogP contribution in [0.15, 0.2) is 12.3 Å². The Labute approximate surface area is 125 Å². The fourth-order valence-electron chi connectivity index (χ4n) is 2.57. The molecule has 0 saturated carbocycles. The molecule has 1 atom stereocenters. The van der Waals surface area contributed by atoms with Crippen molar-refractivity contribution in [3.8, 4) is 5.75 Å². The third-order valence-electron chi connectivity index (χ3n) is 3.47. The van der Waals surface area contributed by atoms with Crippen LogP contribution in [0.4, 0.5) is 0 Å². The molecule has 2 aromatic rings. The smallest absolute Gasteiger partial charge is 0.162 e. The fourth-order valence-corrected chi connectivity index (χ4v) is 2.57. The van der Waals surface area contributed by atoms with Gasteiger partial charge in [-0.05, 0) is 26.3 Å². The monoisotopic (exact) mass is 292 g/mol. The van der Waals surface area contributed by atoms with Gasteiger partial charge in [-0.2, -0.15) is 10.2 Å². The highest BCUT2D eigenvalue weighted by Crippen LogP contribution is 2.30. The SMILES string of the molecule is CCCn1ncc(OC)c1C(NN)c1cc(C)nn1CC. The number of nitrogens with zero attached hydrogens (tertiary/aromatic N) is 4. The van der Waals surface area contributed by atoms with Crippen molar-refractivity contribution in [2.24, 2.45) is 5.84 Å². The van der Waals surface area contributed by atoms with Crippen LogP contribution in [-0.4, -0.2) is 26.7 Å². The van der Waals surface area contributed by atoms with Gasteiger partial charge in [-0.3, -0.25) is 15.2 Å². The summed E-state index contributed by atoms with van der Waals surface area (Å²) in [4.78, 5) is 0. The summed E-state index contributed by atoms with van der Waals surface area (Å²) in [5.41, 5.74) is 5.78. The third kappa shape index (κ3) is 2.93. The predicted octanol–water partition coefficient (Wildman–Crippen LogP) is 1.38. The number of nitrogens with two attached hydrogens (primary N) is 1. The van der Waals surface area contributed by atoms with E-state index in [2.05, 4.69) is 29.5 Å². The van der Waals surface area contributed by atoms with Gasteiger partial charge in [-0.25, -0.2) is 5.43 Å². The molecule has 7 heteroatoms. The molecule has 0 bridgehead atoms. The van der Waals surface area contributed by atoms with E-state index >= 15 is 0 Å². The van der Waals surface area contributed by atoms with Crippen LogP contribution in [0.3, 0.4) is 0 Å². The Morgan fingerprint density at radius 1 is 1.38 bits per heavy atom. The molecule has 0 aromatic carbocycles. The highest BCUT2D eigenvalue weighted by atomic mass is 16.5. The largest absolute Gasteiger partial charge is 0.493 e. The molecule has 0 radical (unpaired) electrons. The number of hydrazine groups is 1. The highest BCUT2D eigenvalue weighted by Gasteiger charge is 2.25. The van der Waals surface area contributed by atoms with Crippen LogP contribution in [0.5, 0.6) is 5.75 Å². The van der Waals surface area contributed by atoms with E-state index in [-0.39, 0.29) is 6.04 Å². The van der Waals surface area contributed by atoms with E-state index in [1.165, 1.54) is 0 Å². The molecule has 7 nitrogen and oxygen atoms in total. The summed E-state index contributed by atoms with van der Waals surface area (Å²) in [6, 6.07) is 1.83. The molecule has 0 amide bonds. The maximum Gasteiger partial charge on any atom is 0.162 e. The lowest BCUT2D eigenvalue weighted by Crippen LogP contribution is -2.32. The van der Waals surface area contributed by atoms with Crippen LogP contribution in [-0.2, 0) is 13.1 Å². The molecule has 1 unspecified atom stereocenters. The number of methoxy groups -OCH3 is 1. The molecule has 0 aliphatic carbocycles. The van der Waals surface area contributed by atoms with Gasteiger partial charge in [0.2, 0.25) is 0 Å². The third-order valence-corrected chi connectivity index (χ3v) is 3.47. The molecule has 0 fully saturated rings. The number of nitrogens with one attached hydrogen (secondary N) is 1. The van der Waals surface area contributed by atoms with Crippen LogP contribution in [0.25, 0.3) is 0 Å². The Morgan fingerprint density at radius 3 is 2.71 bits per heavy atom. The van der Waals surface area contributed by atoms with Crippen molar-refractivity contribution >= 4 is 0 Å².